The summed E-state index contributed by atoms with van der Waals surface area (Å²) in [5, 5.41) is 9.99. The molecule has 0 saturated carbocycles. The summed E-state index contributed by atoms with van der Waals surface area (Å²) < 4.78 is 10.2. The molecule has 0 fully saturated rings. The molecule has 2 rings (SSSR count). The Balaban J connectivity index is 0. The molecule has 0 atom stereocenters. The summed E-state index contributed by atoms with van der Waals surface area (Å²) >= 11 is 0. The number of phenolic OH excluding ortho intramolecular Hbond substituents is 1. The fourth-order valence-electron chi connectivity index (χ4n) is 1.92. The Bertz CT molecular complexity index is 673. The van der Waals surface area contributed by atoms with Crippen molar-refractivity contribution in [2.45, 2.75) is 0 Å². The van der Waals surface area contributed by atoms with E-state index < -0.39 is 0 Å². The maximum atomic E-state index is 12.3. The largest absolute Gasteiger partial charge is 0.507 e. The molecule has 2 aromatic rings. The zero-order valence-electron chi connectivity index (χ0n) is 14.9. The van der Waals surface area contributed by atoms with Crippen LogP contribution >= 0.6 is 0 Å². The van der Waals surface area contributed by atoms with Crippen molar-refractivity contribution in [2.24, 2.45) is 0 Å². The molecule has 0 heterocycles. The SMILES string of the molecule is COc1cc(O)c(C(=O)C=Cc2ccccc2)c(OC)c1.[Na].[Na].[Na]. The number of allylic oxidation sites excluding steroid dienone is 1. The summed E-state index contributed by atoms with van der Waals surface area (Å²) in [7, 11) is 2.91. The summed E-state index contributed by atoms with van der Waals surface area (Å²) in [6.45, 7) is 0. The standard InChI is InChI=1S/C17H16O4.3Na/c1-20-13-10-15(19)17(16(11-13)21-2)14(18)9-8-12-6-4-3-5-7-12;;;/h3-11,19H,1-2H3;;;. The first-order chi connectivity index (χ1) is 10.2. The Morgan fingerprint density at radius 2 is 1.62 bits per heavy atom. The summed E-state index contributed by atoms with van der Waals surface area (Å²) in [6, 6.07) is 12.4. The predicted molar refractivity (Wildman–Crippen MR) is 98.3 cm³/mol. The van der Waals surface area contributed by atoms with Crippen LogP contribution in [0.5, 0.6) is 17.2 Å². The third-order valence-corrected chi connectivity index (χ3v) is 2.98. The van der Waals surface area contributed by atoms with Crippen molar-refractivity contribution in [3.63, 3.8) is 0 Å². The molecule has 0 saturated heterocycles. The molecule has 0 amide bonds. The number of ketones is 1. The molecule has 2 aromatic carbocycles. The molecule has 0 bridgehead atoms. The van der Waals surface area contributed by atoms with Gasteiger partial charge in [-0.15, -0.1) is 0 Å². The van der Waals surface area contributed by atoms with E-state index in [2.05, 4.69) is 0 Å². The second-order valence-corrected chi connectivity index (χ2v) is 4.33. The average Bonchev–Trinajstić information content (AvgIpc) is 2.52. The van der Waals surface area contributed by atoms with Crippen molar-refractivity contribution in [1.82, 2.24) is 0 Å². The first kappa shape index (κ1) is 26.5. The number of aromatic hydroxyl groups is 1. The van der Waals surface area contributed by atoms with E-state index in [1.807, 2.05) is 30.3 Å². The maximum absolute atomic E-state index is 12.3. The third-order valence-electron chi connectivity index (χ3n) is 2.98. The van der Waals surface area contributed by atoms with Gasteiger partial charge in [-0.2, -0.15) is 0 Å². The second-order valence-electron chi connectivity index (χ2n) is 4.33. The van der Waals surface area contributed by atoms with Gasteiger partial charge in [-0.25, -0.2) is 0 Å². The maximum Gasteiger partial charge on any atom is 0.193 e. The molecule has 24 heavy (non-hydrogen) atoms. The van der Waals surface area contributed by atoms with Crippen LogP contribution in [0.15, 0.2) is 48.5 Å². The van der Waals surface area contributed by atoms with Crippen molar-refractivity contribution in [2.75, 3.05) is 14.2 Å². The number of benzene rings is 2. The molecule has 0 spiro atoms. The van der Waals surface area contributed by atoms with Gasteiger partial charge in [-0.05, 0) is 11.6 Å². The summed E-state index contributed by atoms with van der Waals surface area (Å²) in [4.78, 5) is 12.3. The van der Waals surface area contributed by atoms with Crippen LogP contribution in [-0.4, -0.2) is 114 Å². The van der Waals surface area contributed by atoms with Gasteiger partial charge in [0.2, 0.25) is 0 Å². The van der Waals surface area contributed by atoms with Gasteiger partial charge in [-0.1, -0.05) is 36.4 Å². The van der Waals surface area contributed by atoms with Crippen molar-refractivity contribution >= 4 is 101 Å². The van der Waals surface area contributed by atoms with Crippen LogP contribution in [-0.2, 0) is 0 Å². The van der Waals surface area contributed by atoms with Crippen molar-refractivity contribution in [3.05, 3.63) is 59.7 Å². The number of hydrogen-bond acceptors (Lipinski definition) is 4. The fraction of sp³-hybridized carbons (Fsp3) is 0.118. The normalized spacial score (nSPS) is 9.25. The van der Waals surface area contributed by atoms with Gasteiger partial charge in [-0.3, -0.25) is 4.79 Å². The molecule has 111 valence electrons. The molecule has 1 N–H and O–H groups in total. The zero-order chi connectivity index (χ0) is 15.2. The van der Waals surface area contributed by atoms with Gasteiger partial charge in [0.05, 0.1) is 14.2 Å². The minimum Gasteiger partial charge on any atom is -0.507 e. The Morgan fingerprint density at radius 3 is 2.17 bits per heavy atom. The van der Waals surface area contributed by atoms with Crippen LogP contribution in [0.2, 0.25) is 0 Å². The molecule has 7 heteroatoms. The van der Waals surface area contributed by atoms with E-state index in [0.29, 0.717) is 5.75 Å². The van der Waals surface area contributed by atoms with Crippen molar-refractivity contribution in [1.29, 1.82) is 0 Å². The van der Waals surface area contributed by atoms with E-state index >= 15 is 0 Å². The summed E-state index contributed by atoms with van der Waals surface area (Å²) in [5.74, 6) is 0.187. The van der Waals surface area contributed by atoms with Gasteiger partial charge in [0.25, 0.3) is 0 Å². The van der Waals surface area contributed by atoms with Crippen LogP contribution in [0.3, 0.4) is 0 Å². The van der Waals surface area contributed by atoms with Crippen LogP contribution in [0.1, 0.15) is 15.9 Å². The number of phenols is 1. The van der Waals surface area contributed by atoms with Crippen molar-refractivity contribution in [3.8, 4) is 17.2 Å². The molecule has 0 aliphatic carbocycles. The Kier molecular flexibility index (Phi) is 14.8. The van der Waals surface area contributed by atoms with E-state index in [0.717, 1.165) is 5.56 Å². The average molecular weight is 353 g/mol. The molecule has 0 aromatic heterocycles. The predicted octanol–water partition coefficient (Wildman–Crippen LogP) is 2.16. The van der Waals surface area contributed by atoms with Gasteiger partial charge < -0.3 is 14.6 Å². The molecule has 4 nitrogen and oxygen atoms in total. The van der Waals surface area contributed by atoms with E-state index in [1.54, 1.807) is 12.1 Å². The van der Waals surface area contributed by atoms with E-state index in [9.17, 15) is 9.90 Å². The Labute approximate surface area is 208 Å². The molecule has 0 unspecified atom stereocenters. The Hall–Kier alpha value is 0.250. The number of rotatable bonds is 5. The van der Waals surface area contributed by atoms with E-state index in [1.165, 1.54) is 26.4 Å². The second kappa shape index (κ2) is 13.5. The number of carbonyl (C=O) groups is 1. The number of methoxy groups -OCH3 is 2. The number of hydrogen-bond donors (Lipinski definition) is 1. The number of carbonyl (C=O) groups excluding carboxylic acids is 1. The van der Waals surface area contributed by atoms with Gasteiger partial charge in [0.15, 0.2) is 5.78 Å². The minimum atomic E-state index is -0.337. The fourth-order valence-corrected chi connectivity index (χ4v) is 1.92. The van der Waals surface area contributed by atoms with Crippen molar-refractivity contribution < 1.29 is 19.4 Å². The summed E-state index contributed by atoms with van der Waals surface area (Å²) in [5.41, 5.74) is 1.02. The quantitative estimate of drug-likeness (QED) is 0.509. The van der Waals surface area contributed by atoms with Crippen LogP contribution in [0.4, 0.5) is 0 Å². The van der Waals surface area contributed by atoms with Crippen LogP contribution in [0.25, 0.3) is 6.08 Å². The topological polar surface area (TPSA) is 55.8 Å². The monoisotopic (exact) mass is 353 g/mol. The molecular weight excluding hydrogens is 337 g/mol. The van der Waals surface area contributed by atoms with E-state index in [-0.39, 0.29) is 112 Å². The van der Waals surface area contributed by atoms with E-state index in [4.69, 9.17) is 9.47 Å². The molecular formula is C17H16Na3O4. The smallest absolute Gasteiger partial charge is 0.193 e. The van der Waals surface area contributed by atoms with Gasteiger partial charge in [0.1, 0.15) is 22.8 Å². The first-order valence-corrected chi connectivity index (χ1v) is 6.38. The minimum absolute atomic E-state index is 0. The molecule has 0 aliphatic rings. The van der Waals surface area contributed by atoms with Crippen LogP contribution < -0.4 is 9.47 Å². The van der Waals surface area contributed by atoms with Gasteiger partial charge >= 0.3 is 0 Å². The summed E-state index contributed by atoms with van der Waals surface area (Å²) in [6.07, 6.45) is 3.09. The third kappa shape index (κ3) is 7.24. The van der Waals surface area contributed by atoms with Crippen LogP contribution in [0, 0.1) is 0 Å². The first-order valence-electron chi connectivity index (χ1n) is 6.38. The molecule has 3 radical (unpaired) electrons. The Morgan fingerprint density at radius 1 is 1.00 bits per heavy atom. The number of ether oxygens (including phenoxy) is 2. The van der Waals surface area contributed by atoms with Gasteiger partial charge in [0, 0.05) is 101 Å². The molecule has 0 aliphatic heterocycles. The zero-order valence-corrected chi connectivity index (χ0v) is 20.9.